The van der Waals surface area contributed by atoms with E-state index in [2.05, 4.69) is 36.7 Å². The van der Waals surface area contributed by atoms with Crippen LogP contribution in [0.5, 0.6) is 0 Å². The number of fused-ring (bicyclic) bond motifs is 1. The molecule has 3 aromatic rings. The Kier molecular flexibility index (Phi) is 5.24. The minimum atomic E-state index is -0.420. The average molecular weight is 428 g/mol. The van der Waals surface area contributed by atoms with E-state index in [1.165, 1.54) is 0 Å². The number of aromatic nitrogens is 1. The molecule has 0 atom stereocenters. The van der Waals surface area contributed by atoms with Gasteiger partial charge >= 0.3 is 5.97 Å². The van der Waals surface area contributed by atoms with Crippen molar-refractivity contribution in [3.63, 3.8) is 0 Å². The van der Waals surface area contributed by atoms with Crippen LogP contribution < -0.4 is 0 Å². The van der Waals surface area contributed by atoms with Gasteiger partial charge in [0.15, 0.2) is 0 Å². The molecule has 3 rings (SSSR count). The molecule has 0 aliphatic heterocycles. The van der Waals surface area contributed by atoms with Gasteiger partial charge in [0.25, 0.3) is 0 Å². The number of carbonyl (C=O) groups excluding carboxylic acids is 2. The number of esters is 1. The lowest BCUT2D eigenvalue weighted by molar-refractivity contribution is 0.0529. The van der Waals surface area contributed by atoms with E-state index in [-0.39, 0.29) is 17.8 Å². The Morgan fingerprint density at radius 1 is 1.07 bits per heavy atom. The average Bonchev–Trinajstić information content (AvgIpc) is 3.00. The second kappa shape index (κ2) is 7.31. The van der Waals surface area contributed by atoms with Crippen LogP contribution >= 0.6 is 15.9 Å². The summed E-state index contributed by atoms with van der Waals surface area (Å²) in [5, 5.41) is 0. The van der Waals surface area contributed by atoms with Crippen molar-refractivity contribution < 1.29 is 14.3 Å². The number of ether oxygens (including phenoxy) is 1. The smallest absolute Gasteiger partial charge is 0.340 e. The van der Waals surface area contributed by atoms with E-state index in [0.717, 1.165) is 10.0 Å². The molecule has 0 amide bonds. The van der Waals surface area contributed by atoms with Crippen molar-refractivity contribution in [2.24, 2.45) is 0 Å². The highest BCUT2D eigenvalue weighted by molar-refractivity contribution is 9.10. The molecule has 2 heterocycles. The first kappa shape index (κ1) is 19.4. The van der Waals surface area contributed by atoms with Crippen LogP contribution in [0.1, 0.15) is 59.7 Å². The number of benzene rings is 1. The van der Waals surface area contributed by atoms with E-state index in [1.807, 2.05) is 30.5 Å². The first-order chi connectivity index (χ1) is 12.7. The fraction of sp³-hybridized carbons (Fsp3) is 0.273. The molecule has 0 aliphatic rings. The largest absolute Gasteiger partial charge is 0.462 e. The summed E-state index contributed by atoms with van der Waals surface area (Å²) in [5.74, 6) is -0.563. The predicted molar refractivity (Wildman–Crippen MR) is 110 cm³/mol. The van der Waals surface area contributed by atoms with Gasteiger partial charge < -0.3 is 9.14 Å². The summed E-state index contributed by atoms with van der Waals surface area (Å²) in [5.41, 5.74) is 3.10. The molecule has 4 nitrogen and oxygen atoms in total. The van der Waals surface area contributed by atoms with Crippen LogP contribution in [0.4, 0.5) is 0 Å². The summed E-state index contributed by atoms with van der Waals surface area (Å²) in [6.45, 7) is 8.38. The Balaban J connectivity index is 2.19. The molecule has 5 heteroatoms. The maximum Gasteiger partial charge on any atom is 0.340 e. The third-order valence-electron chi connectivity index (χ3n) is 4.47. The van der Waals surface area contributed by atoms with Crippen LogP contribution in [0, 0.1) is 0 Å². The molecule has 0 saturated heterocycles. The molecule has 0 radical (unpaired) electrons. The van der Waals surface area contributed by atoms with Crippen molar-refractivity contribution in [1.82, 2.24) is 4.40 Å². The Bertz CT molecular complexity index is 1010. The van der Waals surface area contributed by atoms with Gasteiger partial charge in [-0.05, 0) is 60.4 Å². The number of carbonyl (C=O) groups is 2. The van der Waals surface area contributed by atoms with E-state index < -0.39 is 5.97 Å². The van der Waals surface area contributed by atoms with Crippen LogP contribution in [0.2, 0.25) is 0 Å². The molecule has 27 heavy (non-hydrogen) atoms. The molecule has 0 N–H and O–H groups in total. The lowest BCUT2D eigenvalue weighted by atomic mass is 9.87. The van der Waals surface area contributed by atoms with Gasteiger partial charge in [0.2, 0.25) is 5.78 Å². The highest BCUT2D eigenvalue weighted by Crippen LogP contribution is 2.28. The Hall–Kier alpha value is -2.40. The summed E-state index contributed by atoms with van der Waals surface area (Å²) in [7, 11) is 0. The molecule has 0 spiro atoms. The molecule has 0 unspecified atom stereocenters. The zero-order chi connectivity index (χ0) is 19.8. The monoisotopic (exact) mass is 427 g/mol. The highest BCUT2D eigenvalue weighted by Gasteiger charge is 2.23. The molecule has 0 saturated carbocycles. The van der Waals surface area contributed by atoms with Crippen LogP contribution in [-0.4, -0.2) is 22.8 Å². The maximum atomic E-state index is 13.1. The van der Waals surface area contributed by atoms with Crippen LogP contribution in [0.3, 0.4) is 0 Å². The van der Waals surface area contributed by atoms with Gasteiger partial charge in [-0.1, -0.05) is 36.7 Å². The Morgan fingerprint density at radius 3 is 2.33 bits per heavy atom. The summed E-state index contributed by atoms with van der Waals surface area (Å²) in [6.07, 6.45) is 1.85. The number of hydrogen-bond acceptors (Lipinski definition) is 3. The van der Waals surface area contributed by atoms with E-state index in [1.54, 1.807) is 29.5 Å². The summed E-state index contributed by atoms with van der Waals surface area (Å²) in [6, 6.07) is 12.8. The highest BCUT2D eigenvalue weighted by atomic mass is 79.9. The predicted octanol–water partition coefficient (Wildman–Crippen LogP) is 5.41. The lowest BCUT2D eigenvalue weighted by Gasteiger charge is -2.19. The zero-order valence-corrected chi connectivity index (χ0v) is 17.5. The van der Waals surface area contributed by atoms with Crippen molar-refractivity contribution in [3.05, 3.63) is 75.5 Å². The standard InChI is InChI=1S/C22H22BrNO3/c1-5-27-21(26)17-13-19(20(25)14-6-8-16(23)9-7-14)24-11-10-15(12-18(17)24)22(2,3)4/h6-13H,5H2,1-4H3. The van der Waals surface area contributed by atoms with E-state index in [9.17, 15) is 9.59 Å². The zero-order valence-electron chi connectivity index (χ0n) is 15.9. The molecule has 0 aliphatic carbocycles. The van der Waals surface area contributed by atoms with Crippen molar-refractivity contribution in [3.8, 4) is 0 Å². The van der Waals surface area contributed by atoms with Gasteiger partial charge in [0.05, 0.1) is 23.4 Å². The van der Waals surface area contributed by atoms with E-state index in [0.29, 0.717) is 22.3 Å². The Morgan fingerprint density at radius 2 is 1.74 bits per heavy atom. The van der Waals surface area contributed by atoms with Gasteiger partial charge in [-0.15, -0.1) is 0 Å². The van der Waals surface area contributed by atoms with Gasteiger partial charge in [-0.3, -0.25) is 4.79 Å². The van der Waals surface area contributed by atoms with Crippen molar-refractivity contribution >= 4 is 33.2 Å². The normalized spacial score (nSPS) is 11.6. The summed E-state index contributed by atoms with van der Waals surface area (Å²) in [4.78, 5) is 25.5. The number of halogens is 1. The SMILES string of the molecule is CCOC(=O)c1cc(C(=O)c2ccc(Br)cc2)n2ccc(C(C)(C)C)cc12. The molecule has 0 fully saturated rings. The molecular weight excluding hydrogens is 406 g/mol. The number of pyridine rings is 1. The minimum absolute atomic E-state index is 0.0756. The quantitative estimate of drug-likeness (QED) is 0.413. The Labute approximate surface area is 167 Å². The van der Waals surface area contributed by atoms with E-state index >= 15 is 0 Å². The lowest BCUT2D eigenvalue weighted by Crippen LogP contribution is -2.12. The number of hydrogen-bond donors (Lipinski definition) is 0. The molecule has 1 aromatic carbocycles. The van der Waals surface area contributed by atoms with Gasteiger partial charge in [0.1, 0.15) is 0 Å². The fourth-order valence-electron chi connectivity index (χ4n) is 2.96. The summed E-state index contributed by atoms with van der Waals surface area (Å²) < 4.78 is 7.88. The molecular formula is C22H22BrNO3. The van der Waals surface area contributed by atoms with Crippen molar-refractivity contribution in [1.29, 1.82) is 0 Å². The molecule has 2 aromatic heterocycles. The minimum Gasteiger partial charge on any atom is -0.462 e. The third-order valence-corrected chi connectivity index (χ3v) is 5.00. The third kappa shape index (κ3) is 3.83. The molecule has 140 valence electrons. The van der Waals surface area contributed by atoms with Gasteiger partial charge in [0, 0.05) is 16.2 Å². The van der Waals surface area contributed by atoms with Crippen molar-refractivity contribution in [2.75, 3.05) is 6.61 Å². The van der Waals surface area contributed by atoms with E-state index in [4.69, 9.17) is 4.74 Å². The van der Waals surface area contributed by atoms with Crippen LogP contribution in [-0.2, 0) is 10.2 Å². The van der Waals surface area contributed by atoms with Crippen molar-refractivity contribution in [2.45, 2.75) is 33.1 Å². The van der Waals surface area contributed by atoms with Gasteiger partial charge in [-0.2, -0.15) is 0 Å². The number of rotatable bonds is 4. The fourth-order valence-corrected chi connectivity index (χ4v) is 3.23. The van der Waals surface area contributed by atoms with Gasteiger partial charge in [-0.25, -0.2) is 4.79 Å². The summed E-state index contributed by atoms with van der Waals surface area (Å²) >= 11 is 3.38. The second-order valence-corrected chi connectivity index (χ2v) is 8.34. The topological polar surface area (TPSA) is 47.8 Å². The number of ketones is 1. The number of nitrogens with zero attached hydrogens (tertiary/aromatic N) is 1. The first-order valence-electron chi connectivity index (χ1n) is 8.85. The first-order valence-corrected chi connectivity index (χ1v) is 9.64. The molecule has 0 bridgehead atoms. The van der Waals surface area contributed by atoms with Crippen LogP contribution in [0.25, 0.3) is 5.52 Å². The second-order valence-electron chi connectivity index (χ2n) is 7.42. The van der Waals surface area contributed by atoms with Crippen LogP contribution in [0.15, 0.2) is 53.1 Å². The maximum absolute atomic E-state index is 13.1.